The van der Waals surface area contributed by atoms with Crippen molar-refractivity contribution in [2.75, 3.05) is 44.4 Å². The fourth-order valence-corrected chi connectivity index (χ4v) is 4.81. The third-order valence-corrected chi connectivity index (χ3v) is 6.60. The van der Waals surface area contributed by atoms with E-state index >= 15 is 0 Å². The van der Waals surface area contributed by atoms with Gasteiger partial charge in [-0.1, -0.05) is 12.0 Å². The molecule has 0 aliphatic carbocycles. The van der Waals surface area contributed by atoms with Gasteiger partial charge in [-0.05, 0) is 50.2 Å². The van der Waals surface area contributed by atoms with Crippen LogP contribution in [0.2, 0.25) is 0 Å². The Kier molecular flexibility index (Phi) is 5.48. The number of aromatic nitrogens is 2. The number of carbonyl (C=O) groups is 1. The molecule has 3 heterocycles. The molecule has 33 heavy (non-hydrogen) atoms. The van der Waals surface area contributed by atoms with Crippen molar-refractivity contribution >= 4 is 34.1 Å². The fraction of sp³-hybridized carbons (Fsp3) is 0.320. The van der Waals surface area contributed by atoms with Gasteiger partial charge in [0.1, 0.15) is 17.9 Å². The highest BCUT2D eigenvalue weighted by Crippen LogP contribution is 2.35. The van der Waals surface area contributed by atoms with E-state index in [2.05, 4.69) is 38.5 Å². The summed E-state index contributed by atoms with van der Waals surface area (Å²) in [7, 11) is 3.71. The summed E-state index contributed by atoms with van der Waals surface area (Å²) in [6, 6.07) is 11.5. The number of hydrogen-bond donors (Lipinski definition) is 2. The molecule has 2 aliphatic rings. The van der Waals surface area contributed by atoms with Crippen molar-refractivity contribution in [3.05, 3.63) is 48.3 Å². The molecule has 2 amide bonds. The molecule has 0 saturated carbocycles. The van der Waals surface area contributed by atoms with Gasteiger partial charge in [-0.15, -0.1) is 6.42 Å². The Morgan fingerprint density at radius 3 is 2.91 bits per heavy atom. The normalized spacial score (nSPS) is 19.8. The first-order valence-corrected chi connectivity index (χ1v) is 11.0. The number of methoxy groups -OCH3 is 1. The molecular formula is C25H26N6O2. The van der Waals surface area contributed by atoms with E-state index in [1.807, 2.05) is 41.3 Å². The van der Waals surface area contributed by atoms with E-state index in [-0.39, 0.29) is 6.03 Å². The largest absolute Gasteiger partial charge is 0.494 e. The Labute approximate surface area is 193 Å². The number of nitrogens with one attached hydrogen (secondary N) is 2. The predicted octanol–water partition coefficient (Wildman–Crippen LogP) is 3.53. The zero-order valence-electron chi connectivity index (χ0n) is 18.7. The van der Waals surface area contributed by atoms with Crippen LogP contribution in [0.3, 0.4) is 0 Å². The van der Waals surface area contributed by atoms with Crippen molar-refractivity contribution in [1.29, 1.82) is 0 Å². The van der Waals surface area contributed by atoms with Crippen LogP contribution in [0, 0.1) is 18.3 Å². The Balaban J connectivity index is 1.43. The molecule has 2 atom stereocenters. The zero-order chi connectivity index (χ0) is 22.9. The molecule has 8 nitrogen and oxygen atoms in total. The second kappa shape index (κ2) is 8.60. The number of likely N-dealkylation sites (tertiary alicyclic amines) is 2. The molecule has 2 unspecified atom stereocenters. The van der Waals surface area contributed by atoms with E-state index < -0.39 is 0 Å². The molecule has 2 aromatic carbocycles. The van der Waals surface area contributed by atoms with Crippen LogP contribution in [0.1, 0.15) is 12.0 Å². The van der Waals surface area contributed by atoms with Crippen molar-refractivity contribution in [2.45, 2.75) is 12.5 Å². The number of urea groups is 1. The monoisotopic (exact) mass is 442 g/mol. The summed E-state index contributed by atoms with van der Waals surface area (Å²) < 4.78 is 5.55. The number of hydrogen-bond acceptors (Lipinski definition) is 6. The van der Waals surface area contributed by atoms with Crippen molar-refractivity contribution < 1.29 is 9.53 Å². The number of amides is 2. The standard InChI is InChI=1S/C25H26N6O2/c1-4-16-6-5-7-18(10-16)28-24-19-11-21(23(33-3)12-20(19)26-15-27-24)29-25(32)31-13-17-8-9-30(2)22(17)14-31/h1,5-7,10-12,15,17,22H,8-9,13-14H2,2-3H3,(H,29,32)(H,26,27,28). The number of likely N-dealkylation sites (N-methyl/N-ethyl adjacent to an activating group) is 1. The molecule has 0 radical (unpaired) electrons. The van der Waals surface area contributed by atoms with Crippen LogP contribution >= 0.6 is 0 Å². The van der Waals surface area contributed by atoms with Crippen LogP contribution in [0.4, 0.5) is 22.0 Å². The maximum atomic E-state index is 13.1. The maximum absolute atomic E-state index is 13.1. The van der Waals surface area contributed by atoms with Gasteiger partial charge in [0.2, 0.25) is 0 Å². The quantitative estimate of drug-likeness (QED) is 0.602. The van der Waals surface area contributed by atoms with Crippen LogP contribution in [0.15, 0.2) is 42.7 Å². The number of ether oxygens (including phenoxy) is 1. The minimum absolute atomic E-state index is 0.122. The van der Waals surface area contributed by atoms with Gasteiger partial charge < -0.3 is 25.2 Å². The zero-order valence-corrected chi connectivity index (χ0v) is 18.7. The first-order valence-electron chi connectivity index (χ1n) is 11.0. The smallest absolute Gasteiger partial charge is 0.322 e. The van der Waals surface area contributed by atoms with Crippen LogP contribution in [0.5, 0.6) is 5.75 Å². The highest BCUT2D eigenvalue weighted by Gasteiger charge is 2.41. The molecule has 5 rings (SSSR count). The van der Waals surface area contributed by atoms with Crippen LogP contribution < -0.4 is 15.4 Å². The lowest BCUT2D eigenvalue weighted by Gasteiger charge is -2.22. The summed E-state index contributed by atoms with van der Waals surface area (Å²) in [5.74, 6) is 4.34. The predicted molar refractivity (Wildman–Crippen MR) is 129 cm³/mol. The number of rotatable bonds is 4. The number of fused-ring (bicyclic) bond motifs is 2. The summed E-state index contributed by atoms with van der Waals surface area (Å²) >= 11 is 0. The third-order valence-electron chi connectivity index (χ3n) is 6.60. The first kappa shape index (κ1) is 21.0. The minimum Gasteiger partial charge on any atom is -0.494 e. The Hall–Kier alpha value is -3.83. The lowest BCUT2D eigenvalue weighted by molar-refractivity contribution is 0.213. The molecule has 0 bridgehead atoms. The van der Waals surface area contributed by atoms with Crippen molar-refractivity contribution in [3.8, 4) is 18.1 Å². The highest BCUT2D eigenvalue weighted by molar-refractivity contribution is 5.99. The summed E-state index contributed by atoms with van der Waals surface area (Å²) in [6.07, 6.45) is 8.16. The van der Waals surface area contributed by atoms with Gasteiger partial charge in [0.15, 0.2) is 0 Å². The molecule has 2 fully saturated rings. The second-order valence-electron chi connectivity index (χ2n) is 8.57. The van der Waals surface area contributed by atoms with E-state index in [0.717, 1.165) is 42.7 Å². The number of anilines is 3. The van der Waals surface area contributed by atoms with Crippen LogP contribution in [-0.2, 0) is 0 Å². The third kappa shape index (κ3) is 4.03. The minimum atomic E-state index is -0.122. The van der Waals surface area contributed by atoms with Crippen molar-refractivity contribution in [2.24, 2.45) is 5.92 Å². The van der Waals surface area contributed by atoms with Gasteiger partial charge in [-0.3, -0.25) is 0 Å². The average Bonchev–Trinajstić information content (AvgIpc) is 3.41. The molecule has 2 aliphatic heterocycles. The summed E-state index contributed by atoms with van der Waals surface area (Å²) in [5.41, 5.74) is 2.87. The van der Waals surface area contributed by atoms with E-state index in [1.165, 1.54) is 6.33 Å². The molecule has 2 N–H and O–H groups in total. The topological polar surface area (TPSA) is 82.6 Å². The van der Waals surface area contributed by atoms with Gasteiger partial charge in [0, 0.05) is 41.8 Å². The second-order valence-corrected chi connectivity index (χ2v) is 8.57. The van der Waals surface area contributed by atoms with Crippen LogP contribution in [-0.4, -0.2) is 65.6 Å². The average molecular weight is 443 g/mol. The summed E-state index contributed by atoms with van der Waals surface area (Å²) in [5, 5.41) is 7.11. The number of carbonyl (C=O) groups excluding carboxylic acids is 1. The summed E-state index contributed by atoms with van der Waals surface area (Å²) in [6.45, 7) is 2.62. The van der Waals surface area contributed by atoms with E-state index in [9.17, 15) is 4.79 Å². The number of nitrogens with zero attached hydrogens (tertiary/aromatic N) is 4. The van der Waals surface area contributed by atoms with Gasteiger partial charge in [-0.2, -0.15) is 0 Å². The first-order chi connectivity index (χ1) is 16.1. The van der Waals surface area contributed by atoms with Crippen molar-refractivity contribution in [3.63, 3.8) is 0 Å². The SMILES string of the molecule is C#Cc1cccc(Nc2ncnc3cc(OC)c(NC(=O)N4CC5CCN(C)C5C4)cc23)c1. The Morgan fingerprint density at radius 2 is 2.12 bits per heavy atom. The summed E-state index contributed by atoms with van der Waals surface area (Å²) in [4.78, 5) is 26.1. The van der Waals surface area contributed by atoms with E-state index in [0.29, 0.717) is 34.7 Å². The van der Waals surface area contributed by atoms with E-state index in [4.69, 9.17) is 11.2 Å². The van der Waals surface area contributed by atoms with E-state index in [1.54, 1.807) is 7.11 Å². The molecule has 0 spiro atoms. The molecule has 3 aromatic rings. The Morgan fingerprint density at radius 1 is 1.24 bits per heavy atom. The highest BCUT2D eigenvalue weighted by atomic mass is 16.5. The van der Waals surface area contributed by atoms with Gasteiger partial charge in [0.05, 0.1) is 18.3 Å². The lowest BCUT2D eigenvalue weighted by atomic mass is 10.1. The van der Waals surface area contributed by atoms with Crippen molar-refractivity contribution in [1.82, 2.24) is 19.8 Å². The molecular weight excluding hydrogens is 416 g/mol. The van der Waals surface area contributed by atoms with Gasteiger partial charge >= 0.3 is 6.03 Å². The fourth-order valence-electron chi connectivity index (χ4n) is 4.81. The lowest BCUT2D eigenvalue weighted by Crippen LogP contribution is -2.37. The molecule has 168 valence electrons. The maximum Gasteiger partial charge on any atom is 0.322 e. The van der Waals surface area contributed by atoms with Gasteiger partial charge in [0.25, 0.3) is 0 Å². The molecule has 8 heteroatoms. The van der Waals surface area contributed by atoms with Gasteiger partial charge in [-0.25, -0.2) is 14.8 Å². The molecule has 2 saturated heterocycles. The van der Waals surface area contributed by atoms with Crippen LogP contribution in [0.25, 0.3) is 10.9 Å². The Bertz CT molecular complexity index is 1250. The molecule has 1 aromatic heterocycles. The number of terminal acetylenes is 1. The number of benzene rings is 2.